The van der Waals surface area contributed by atoms with Crippen molar-refractivity contribution in [2.75, 3.05) is 27.4 Å². The second-order valence-corrected chi connectivity index (χ2v) is 6.34. The molecular formula is C19H22BrNO4. The quantitative estimate of drug-likeness (QED) is 0.680. The maximum absolute atomic E-state index is 12.1. The highest BCUT2D eigenvalue weighted by atomic mass is 79.9. The van der Waals surface area contributed by atoms with E-state index in [0.29, 0.717) is 24.7 Å². The first-order chi connectivity index (χ1) is 12.0. The van der Waals surface area contributed by atoms with Gasteiger partial charge in [-0.25, -0.2) is 0 Å². The van der Waals surface area contributed by atoms with Crippen LogP contribution in [0.15, 0.2) is 40.9 Å². The zero-order valence-electron chi connectivity index (χ0n) is 14.6. The first-order valence-electron chi connectivity index (χ1n) is 7.90. The third kappa shape index (κ3) is 5.67. The van der Waals surface area contributed by atoms with Crippen molar-refractivity contribution >= 4 is 21.8 Å². The van der Waals surface area contributed by atoms with Crippen molar-refractivity contribution in [2.45, 2.75) is 13.3 Å². The predicted molar refractivity (Wildman–Crippen MR) is 101 cm³/mol. The molecular weight excluding hydrogens is 386 g/mol. The van der Waals surface area contributed by atoms with Gasteiger partial charge in [0.05, 0.1) is 27.2 Å². The van der Waals surface area contributed by atoms with Crippen LogP contribution in [-0.4, -0.2) is 33.3 Å². The standard InChI is InChI=1S/C19H22BrNO4/c1-13-5-4-6-15(9-13)25-8-7-21-19(22)11-14-10-17(23-2)18(24-3)12-16(14)20/h4-6,9-10,12H,7-8,11H2,1-3H3,(H,21,22). The molecule has 0 saturated carbocycles. The zero-order chi connectivity index (χ0) is 18.2. The van der Waals surface area contributed by atoms with Gasteiger partial charge in [-0.3, -0.25) is 4.79 Å². The smallest absolute Gasteiger partial charge is 0.224 e. The summed E-state index contributed by atoms with van der Waals surface area (Å²) < 4.78 is 16.9. The number of ether oxygens (including phenoxy) is 3. The molecule has 5 nitrogen and oxygen atoms in total. The van der Waals surface area contributed by atoms with E-state index < -0.39 is 0 Å². The summed E-state index contributed by atoms with van der Waals surface area (Å²) in [6.07, 6.45) is 0.241. The number of rotatable bonds is 8. The van der Waals surface area contributed by atoms with Gasteiger partial charge in [-0.2, -0.15) is 0 Å². The molecule has 0 aromatic heterocycles. The molecule has 0 radical (unpaired) electrons. The van der Waals surface area contributed by atoms with Crippen molar-refractivity contribution in [2.24, 2.45) is 0 Å². The lowest BCUT2D eigenvalue weighted by Gasteiger charge is -2.12. The number of amides is 1. The fourth-order valence-electron chi connectivity index (χ4n) is 2.33. The van der Waals surface area contributed by atoms with E-state index in [-0.39, 0.29) is 12.3 Å². The zero-order valence-corrected chi connectivity index (χ0v) is 16.2. The minimum absolute atomic E-state index is 0.0826. The molecule has 0 fully saturated rings. The predicted octanol–water partition coefficient (Wildman–Crippen LogP) is 3.51. The molecule has 0 atom stereocenters. The summed E-state index contributed by atoms with van der Waals surface area (Å²) in [7, 11) is 3.14. The van der Waals surface area contributed by atoms with E-state index in [2.05, 4.69) is 21.2 Å². The molecule has 0 saturated heterocycles. The number of hydrogen-bond donors (Lipinski definition) is 1. The number of halogens is 1. The molecule has 0 heterocycles. The third-order valence-electron chi connectivity index (χ3n) is 3.59. The van der Waals surface area contributed by atoms with Gasteiger partial charge >= 0.3 is 0 Å². The Morgan fingerprint density at radius 3 is 2.52 bits per heavy atom. The Hall–Kier alpha value is -2.21. The van der Waals surface area contributed by atoms with Crippen LogP contribution in [0, 0.1) is 6.92 Å². The fourth-order valence-corrected chi connectivity index (χ4v) is 2.79. The number of hydrogen-bond acceptors (Lipinski definition) is 4. The van der Waals surface area contributed by atoms with Crippen LogP contribution in [0.5, 0.6) is 17.2 Å². The summed E-state index contributed by atoms with van der Waals surface area (Å²) in [5.74, 6) is 1.93. The number of nitrogens with one attached hydrogen (secondary N) is 1. The van der Waals surface area contributed by atoms with Crippen molar-refractivity contribution in [1.29, 1.82) is 0 Å². The summed E-state index contributed by atoms with van der Waals surface area (Å²) in [5, 5.41) is 2.85. The second-order valence-electron chi connectivity index (χ2n) is 5.49. The van der Waals surface area contributed by atoms with Gasteiger partial charge in [0.25, 0.3) is 0 Å². The number of aryl methyl sites for hydroxylation is 1. The Balaban J connectivity index is 1.84. The summed E-state index contributed by atoms with van der Waals surface area (Å²) in [4.78, 5) is 12.1. The summed E-state index contributed by atoms with van der Waals surface area (Å²) in [6, 6.07) is 11.4. The molecule has 2 aromatic carbocycles. The van der Waals surface area contributed by atoms with E-state index in [1.165, 1.54) is 0 Å². The molecule has 25 heavy (non-hydrogen) atoms. The lowest BCUT2D eigenvalue weighted by molar-refractivity contribution is -0.120. The van der Waals surface area contributed by atoms with Crippen LogP contribution in [0.3, 0.4) is 0 Å². The molecule has 2 aromatic rings. The average molecular weight is 408 g/mol. The van der Waals surface area contributed by atoms with Gasteiger partial charge in [0, 0.05) is 4.47 Å². The Kier molecular flexibility index (Phi) is 7.13. The molecule has 1 N–H and O–H groups in total. The van der Waals surface area contributed by atoms with Crippen molar-refractivity contribution in [3.8, 4) is 17.2 Å². The normalized spacial score (nSPS) is 10.2. The molecule has 6 heteroatoms. The minimum Gasteiger partial charge on any atom is -0.493 e. The number of carbonyl (C=O) groups excluding carboxylic acids is 1. The van der Waals surface area contributed by atoms with E-state index in [4.69, 9.17) is 14.2 Å². The molecule has 0 aliphatic rings. The van der Waals surface area contributed by atoms with E-state index in [0.717, 1.165) is 21.3 Å². The Labute approximate surface area is 156 Å². The van der Waals surface area contributed by atoms with Crippen LogP contribution in [0.2, 0.25) is 0 Å². The van der Waals surface area contributed by atoms with E-state index in [9.17, 15) is 4.79 Å². The van der Waals surface area contributed by atoms with Gasteiger partial charge in [0.1, 0.15) is 12.4 Å². The van der Waals surface area contributed by atoms with Gasteiger partial charge in [-0.15, -0.1) is 0 Å². The second kappa shape index (κ2) is 9.32. The Morgan fingerprint density at radius 2 is 1.84 bits per heavy atom. The highest BCUT2D eigenvalue weighted by molar-refractivity contribution is 9.10. The molecule has 0 aliphatic heterocycles. The van der Waals surface area contributed by atoms with Gasteiger partial charge in [-0.05, 0) is 42.3 Å². The van der Waals surface area contributed by atoms with E-state index in [1.54, 1.807) is 26.4 Å². The SMILES string of the molecule is COc1cc(Br)c(CC(=O)NCCOc2cccc(C)c2)cc1OC. The van der Waals surface area contributed by atoms with Crippen molar-refractivity contribution in [3.05, 3.63) is 52.0 Å². The number of benzene rings is 2. The number of carbonyl (C=O) groups is 1. The van der Waals surface area contributed by atoms with Crippen LogP contribution in [0.1, 0.15) is 11.1 Å². The first kappa shape index (κ1) is 19.1. The molecule has 134 valence electrons. The van der Waals surface area contributed by atoms with Gasteiger partial charge in [0.15, 0.2) is 11.5 Å². The molecule has 1 amide bonds. The summed E-state index contributed by atoms with van der Waals surface area (Å²) in [5.41, 5.74) is 1.97. The molecule has 2 rings (SSSR count). The van der Waals surface area contributed by atoms with Crippen LogP contribution >= 0.6 is 15.9 Å². The third-order valence-corrected chi connectivity index (χ3v) is 4.32. The van der Waals surface area contributed by atoms with E-state index in [1.807, 2.05) is 31.2 Å². The Morgan fingerprint density at radius 1 is 1.12 bits per heavy atom. The van der Waals surface area contributed by atoms with Crippen LogP contribution < -0.4 is 19.5 Å². The lowest BCUT2D eigenvalue weighted by Crippen LogP contribution is -2.29. The highest BCUT2D eigenvalue weighted by Gasteiger charge is 2.12. The summed E-state index contributed by atoms with van der Waals surface area (Å²) in [6.45, 7) is 2.87. The van der Waals surface area contributed by atoms with Gasteiger partial charge < -0.3 is 19.5 Å². The molecule has 0 aliphatic carbocycles. The summed E-state index contributed by atoms with van der Waals surface area (Å²) >= 11 is 3.46. The average Bonchev–Trinajstić information content (AvgIpc) is 2.60. The molecule has 0 bridgehead atoms. The van der Waals surface area contributed by atoms with Crippen molar-refractivity contribution in [3.63, 3.8) is 0 Å². The maximum Gasteiger partial charge on any atom is 0.224 e. The topological polar surface area (TPSA) is 56.8 Å². The van der Waals surface area contributed by atoms with Crippen LogP contribution in [0.25, 0.3) is 0 Å². The van der Waals surface area contributed by atoms with E-state index >= 15 is 0 Å². The lowest BCUT2D eigenvalue weighted by atomic mass is 10.1. The van der Waals surface area contributed by atoms with Crippen LogP contribution in [0.4, 0.5) is 0 Å². The first-order valence-corrected chi connectivity index (χ1v) is 8.69. The molecule has 0 unspecified atom stereocenters. The molecule has 0 spiro atoms. The number of methoxy groups -OCH3 is 2. The minimum atomic E-state index is -0.0826. The van der Waals surface area contributed by atoms with Gasteiger partial charge in [-0.1, -0.05) is 28.1 Å². The van der Waals surface area contributed by atoms with Crippen LogP contribution in [-0.2, 0) is 11.2 Å². The highest BCUT2D eigenvalue weighted by Crippen LogP contribution is 2.33. The van der Waals surface area contributed by atoms with Crippen molar-refractivity contribution < 1.29 is 19.0 Å². The fraction of sp³-hybridized carbons (Fsp3) is 0.316. The Bertz CT molecular complexity index is 733. The van der Waals surface area contributed by atoms with Gasteiger partial charge in [0.2, 0.25) is 5.91 Å². The maximum atomic E-state index is 12.1. The largest absolute Gasteiger partial charge is 0.493 e. The van der Waals surface area contributed by atoms with Crippen molar-refractivity contribution in [1.82, 2.24) is 5.32 Å². The monoisotopic (exact) mass is 407 g/mol.